The van der Waals surface area contributed by atoms with Gasteiger partial charge in [0.25, 0.3) is 0 Å². The molecule has 5 heteroatoms. The minimum atomic E-state index is -0.647. The van der Waals surface area contributed by atoms with Crippen LogP contribution in [0.2, 0.25) is 0 Å². The van der Waals surface area contributed by atoms with Crippen molar-refractivity contribution in [2.75, 3.05) is 13.2 Å². The molecule has 0 radical (unpaired) electrons. The smallest absolute Gasteiger partial charge is 0.349 e. The molecule has 0 N–H and O–H groups in total. The van der Waals surface area contributed by atoms with Crippen LogP contribution in [-0.4, -0.2) is 25.3 Å². The number of rotatable bonds is 8. The minimum Gasteiger partial charge on any atom is -0.490 e. The summed E-state index contributed by atoms with van der Waals surface area (Å²) in [4.78, 5) is 11.9. The van der Waals surface area contributed by atoms with E-state index in [-0.39, 0.29) is 11.7 Å². The maximum absolute atomic E-state index is 11.9. The lowest BCUT2D eigenvalue weighted by Gasteiger charge is -2.14. The van der Waals surface area contributed by atoms with Gasteiger partial charge in [0.1, 0.15) is 11.6 Å². The number of hydrogen-bond donors (Lipinski definition) is 0. The van der Waals surface area contributed by atoms with Gasteiger partial charge in [0.05, 0.1) is 19.3 Å². The molecular formula is C18H23NO4. The summed E-state index contributed by atoms with van der Waals surface area (Å²) in [6.45, 7) is 8.36. The first-order chi connectivity index (χ1) is 11.0. The van der Waals surface area contributed by atoms with Gasteiger partial charge in [0, 0.05) is 5.56 Å². The SMILES string of the molecule is CCCOc1c(/C=C(/C#N)C(=O)OC(C)C)cccc1OCC. The fourth-order valence-corrected chi connectivity index (χ4v) is 1.84. The largest absolute Gasteiger partial charge is 0.490 e. The lowest BCUT2D eigenvalue weighted by atomic mass is 10.1. The van der Waals surface area contributed by atoms with Gasteiger partial charge in [-0.2, -0.15) is 5.26 Å². The highest BCUT2D eigenvalue weighted by Gasteiger charge is 2.16. The summed E-state index contributed by atoms with van der Waals surface area (Å²) in [6.07, 6.45) is 2.02. The monoisotopic (exact) mass is 317 g/mol. The second-order valence-corrected chi connectivity index (χ2v) is 5.08. The first-order valence-corrected chi connectivity index (χ1v) is 7.74. The Hall–Kier alpha value is -2.48. The maximum Gasteiger partial charge on any atom is 0.349 e. The summed E-state index contributed by atoms with van der Waals surface area (Å²) >= 11 is 0. The van der Waals surface area contributed by atoms with E-state index in [1.807, 2.05) is 19.9 Å². The van der Waals surface area contributed by atoms with Crippen LogP contribution in [-0.2, 0) is 9.53 Å². The third kappa shape index (κ3) is 5.67. The van der Waals surface area contributed by atoms with E-state index < -0.39 is 5.97 Å². The molecule has 1 aromatic carbocycles. The lowest BCUT2D eigenvalue weighted by molar-refractivity contribution is -0.142. The molecule has 0 aliphatic heterocycles. The van der Waals surface area contributed by atoms with Crippen molar-refractivity contribution in [2.24, 2.45) is 0 Å². The Morgan fingerprint density at radius 1 is 1.30 bits per heavy atom. The van der Waals surface area contributed by atoms with Crippen LogP contribution in [0.1, 0.15) is 39.7 Å². The number of nitriles is 1. The van der Waals surface area contributed by atoms with Crippen molar-refractivity contribution in [1.82, 2.24) is 0 Å². The van der Waals surface area contributed by atoms with E-state index in [1.54, 1.807) is 32.0 Å². The zero-order valence-corrected chi connectivity index (χ0v) is 14.1. The van der Waals surface area contributed by atoms with Crippen molar-refractivity contribution >= 4 is 12.0 Å². The van der Waals surface area contributed by atoms with Crippen LogP contribution in [0.25, 0.3) is 6.08 Å². The summed E-state index contributed by atoms with van der Waals surface area (Å²) in [5.74, 6) is 0.469. The zero-order chi connectivity index (χ0) is 17.2. The van der Waals surface area contributed by atoms with Gasteiger partial charge in [-0.15, -0.1) is 0 Å². The van der Waals surface area contributed by atoms with Gasteiger partial charge in [-0.05, 0) is 39.3 Å². The molecule has 124 valence electrons. The van der Waals surface area contributed by atoms with Crippen molar-refractivity contribution < 1.29 is 19.0 Å². The zero-order valence-electron chi connectivity index (χ0n) is 14.1. The van der Waals surface area contributed by atoms with Gasteiger partial charge in [-0.25, -0.2) is 4.79 Å². The number of hydrogen-bond acceptors (Lipinski definition) is 5. The average molecular weight is 317 g/mol. The van der Waals surface area contributed by atoms with Gasteiger partial charge in [0.2, 0.25) is 0 Å². The summed E-state index contributed by atoms with van der Waals surface area (Å²) in [6, 6.07) is 7.24. The molecule has 0 aromatic heterocycles. The Morgan fingerprint density at radius 2 is 2.04 bits per heavy atom. The van der Waals surface area contributed by atoms with E-state index in [1.165, 1.54) is 6.08 Å². The maximum atomic E-state index is 11.9. The van der Waals surface area contributed by atoms with Crippen LogP contribution >= 0.6 is 0 Å². The van der Waals surface area contributed by atoms with E-state index in [0.29, 0.717) is 30.3 Å². The number of esters is 1. The Kier molecular flexibility index (Phi) is 7.69. The fraction of sp³-hybridized carbons (Fsp3) is 0.444. The summed E-state index contributed by atoms with van der Waals surface area (Å²) in [5, 5.41) is 9.22. The van der Waals surface area contributed by atoms with Crippen LogP contribution < -0.4 is 9.47 Å². The molecule has 5 nitrogen and oxygen atoms in total. The lowest BCUT2D eigenvalue weighted by Crippen LogP contribution is -2.12. The van der Waals surface area contributed by atoms with Gasteiger partial charge in [-0.1, -0.05) is 19.1 Å². The van der Waals surface area contributed by atoms with Crippen LogP contribution in [0.15, 0.2) is 23.8 Å². The average Bonchev–Trinajstić information content (AvgIpc) is 2.51. The molecule has 0 aliphatic carbocycles. The fourth-order valence-electron chi connectivity index (χ4n) is 1.84. The number of para-hydroxylation sites is 1. The minimum absolute atomic E-state index is 0.0753. The molecule has 0 unspecified atom stereocenters. The van der Waals surface area contributed by atoms with E-state index in [2.05, 4.69) is 0 Å². The van der Waals surface area contributed by atoms with Gasteiger partial charge in [-0.3, -0.25) is 0 Å². The summed E-state index contributed by atoms with van der Waals surface area (Å²) in [7, 11) is 0. The molecule has 0 aliphatic rings. The molecule has 0 atom stereocenters. The van der Waals surface area contributed by atoms with Gasteiger partial charge < -0.3 is 14.2 Å². The number of benzene rings is 1. The first-order valence-electron chi connectivity index (χ1n) is 7.74. The van der Waals surface area contributed by atoms with E-state index >= 15 is 0 Å². The standard InChI is InChI=1S/C18H23NO4/c1-5-10-22-17-14(8-7-9-16(17)21-6-2)11-15(12-19)18(20)23-13(3)4/h7-9,11,13H,5-6,10H2,1-4H3/b15-11-. The second kappa shape index (κ2) is 9.52. The molecule has 0 saturated heterocycles. The summed E-state index contributed by atoms with van der Waals surface area (Å²) in [5.41, 5.74) is 0.537. The molecule has 0 amide bonds. The van der Waals surface area contributed by atoms with Crippen LogP contribution in [0, 0.1) is 11.3 Å². The van der Waals surface area contributed by atoms with Gasteiger partial charge in [0.15, 0.2) is 11.5 Å². The highest BCUT2D eigenvalue weighted by Crippen LogP contribution is 2.33. The molecule has 0 bridgehead atoms. The Morgan fingerprint density at radius 3 is 2.61 bits per heavy atom. The van der Waals surface area contributed by atoms with Crippen molar-refractivity contribution in [1.29, 1.82) is 5.26 Å². The quantitative estimate of drug-likeness (QED) is 0.415. The predicted octanol–water partition coefficient (Wildman–Crippen LogP) is 3.73. The third-order valence-electron chi connectivity index (χ3n) is 2.74. The molecular weight excluding hydrogens is 294 g/mol. The number of ether oxygens (including phenoxy) is 3. The molecule has 0 heterocycles. The predicted molar refractivity (Wildman–Crippen MR) is 88.2 cm³/mol. The Bertz CT molecular complexity index is 600. The Labute approximate surface area is 137 Å². The van der Waals surface area contributed by atoms with E-state index in [4.69, 9.17) is 14.2 Å². The second-order valence-electron chi connectivity index (χ2n) is 5.08. The van der Waals surface area contributed by atoms with Gasteiger partial charge >= 0.3 is 5.97 Å². The molecule has 1 rings (SSSR count). The summed E-state index contributed by atoms with van der Waals surface area (Å²) < 4.78 is 16.4. The molecule has 1 aromatic rings. The van der Waals surface area contributed by atoms with Crippen molar-refractivity contribution in [3.05, 3.63) is 29.3 Å². The van der Waals surface area contributed by atoms with Crippen LogP contribution in [0.4, 0.5) is 0 Å². The molecule has 23 heavy (non-hydrogen) atoms. The van der Waals surface area contributed by atoms with E-state index in [9.17, 15) is 10.1 Å². The van der Waals surface area contributed by atoms with E-state index in [0.717, 1.165) is 6.42 Å². The molecule has 0 saturated carbocycles. The first kappa shape index (κ1) is 18.6. The number of nitrogens with zero attached hydrogens (tertiary/aromatic N) is 1. The normalized spacial score (nSPS) is 11.0. The van der Waals surface area contributed by atoms with Crippen molar-refractivity contribution in [3.8, 4) is 17.6 Å². The van der Waals surface area contributed by atoms with Crippen molar-refractivity contribution in [3.63, 3.8) is 0 Å². The number of carbonyl (C=O) groups excluding carboxylic acids is 1. The molecule has 0 fully saturated rings. The number of carbonyl (C=O) groups is 1. The van der Waals surface area contributed by atoms with Crippen molar-refractivity contribution in [2.45, 2.75) is 40.2 Å². The van der Waals surface area contributed by atoms with Crippen LogP contribution in [0.3, 0.4) is 0 Å². The third-order valence-corrected chi connectivity index (χ3v) is 2.74. The topological polar surface area (TPSA) is 68.5 Å². The highest BCUT2D eigenvalue weighted by atomic mass is 16.5. The van der Waals surface area contributed by atoms with Crippen LogP contribution in [0.5, 0.6) is 11.5 Å². The molecule has 0 spiro atoms. The highest BCUT2D eigenvalue weighted by molar-refractivity contribution is 5.98. The Balaban J connectivity index is 3.23.